The van der Waals surface area contributed by atoms with E-state index >= 15 is 0 Å². The van der Waals surface area contributed by atoms with Gasteiger partial charge in [-0.3, -0.25) is 9.97 Å². The van der Waals surface area contributed by atoms with Gasteiger partial charge in [0.1, 0.15) is 5.75 Å². The second-order valence-electron chi connectivity index (χ2n) is 4.07. The molecule has 4 nitrogen and oxygen atoms in total. The molecular formula is C14H17N3O. The van der Waals surface area contributed by atoms with Gasteiger partial charge < -0.3 is 10.1 Å². The number of methoxy groups -OCH3 is 1. The number of nitrogens with one attached hydrogen (secondary N) is 1. The summed E-state index contributed by atoms with van der Waals surface area (Å²) in [5.74, 6) is 0.875. The molecule has 0 aliphatic rings. The van der Waals surface area contributed by atoms with E-state index in [1.54, 1.807) is 25.7 Å². The van der Waals surface area contributed by atoms with Crippen molar-refractivity contribution in [3.63, 3.8) is 0 Å². The van der Waals surface area contributed by atoms with Crippen molar-refractivity contribution in [2.24, 2.45) is 0 Å². The zero-order chi connectivity index (χ0) is 12.8. The van der Waals surface area contributed by atoms with E-state index in [9.17, 15) is 0 Å². The molecule has 0 aliphatic heterocycles. The van der Waals surface area contributed by atoms with Crippen LogP contribution in [-0.4, -0.2) is 17.1 Å². The number of aromatic nitrogens is 2. The Kier molecular flexibility index (Phi) is 4.25. The van der Waals surface area contributed by atoms with Gasteiger partial charge in [0, 0.05) is 31.2 Å². The number of hydrogen-bond acceptors (Lipinski definition) is 4. The van der Waals surface area contributed by atoms with E-state index < -0.39 is 0 Å². The normalized spacial score (nSPS) is 12.1. The number of rotatable bonds is 5. The van der Waals surface area contributed by atoms with Crippen LogP contribution in [0, 0.1) is 0 Å². The molecular weight excluding hydrogens is 226 g/mol. The minimum Gasteiger partial charge on any atom is -0.497 e. The van der Waals surface area contributed by atoms with Crippen LogP contribution in [0.5, 0.6) is 5.75 Å². The Balaban J connectivity index is 1.93. The van der Waals surface area contributed by atoms with Crippen LogP contribution in [0.25, 0.3) is 0 Å². The van der Waals surface area contributed by atoms with E-state index in [1.807, 2.05) is 12.1 Å². The fraction of sp³-hybridized carbons (Fsp3) is 0.286. The predicted molar refractivity (Wildman–Crippen MR) is 70.3 cm³/mol. The molecule has 0 fully saturated rings. The molecule has 0 saturated carbocycles. The van der Waals surface area contributed by atoms with E-state index in [0.717, 1.165) is 11.4 Å². The van der Waals surface area contributed by atoms with Crippen molar-refractivity contribution in [1.82, 2.24) is 15.3 Å². The van der Waals surface area contributed by atoms with Crippen molar-refractivity contribution in [3.8, 4) is 5.75 Å². The van der Waals surface area contributed by atoms with Gasteiger partial charge >= 0.3 is 0 Å². The lowest BCUT2D eigenvalue weighted by molar-refractivity contribution is 0.414. The number of ether oxygens (including phenoxy) is 1. The van der Waals surface area contributed by atoms with Crippen molar-refractivity contribution >= 4 is 0 Å². The lowest BCUT2D eigenvalue weighted by Crippen LogP contribution is -2.18. The van der Waals surface area contributed by atoms with Crippen molar-refractivity contribution in [3.05, 3.63) is 54.1 Å². The molecule has 18 heavy (non-hydrogen) atoms. The number of hydrogen-bond donors (Lipinski definition) is 1. The average molecular weight is 243 g/mol. The van der Waals surface area contributed by atoms with E-state index in [2.05, 4.69) is 34.3 Å². The van der Waals surface area contributed by atoms with Gasteiger partial charge in [0.25, 0.3) is 0 Å². The highest BCUT2D eigenvalue weighted by Gasteiger charge is 2.05. The van der Waals surface area contributed by atoms with Gasteiger partial charge in [-0.2, -0.15) is 0 Å². The summed E-state index contributed by atoms with van der Waals surface area (Å²) in [6.07, 6.45) is 5.15. The molecule has 1 aromatic carbocycles. The van der Waals surface area contributed by atoms with Crippen LogP contribution in [0.15, 0.2) is 42.9 Å². The molecule has 0 bridgehead atoms. The van der Waals surface area contributed by atoms with Crippen molar-refractivity contribution < 1.29 is 4.74 Å². The Hall–Kier alpha value is -1.94. The third kappa shape index (κ3) is 3.28. The van der Waals surface area contributed by atoms with E-state index in [-0.39, 0.29) is 6.04 Å². The van der Waals surface area contributed by atoms with Gasteiger partial charge in [-0.25, -0.2) is 0 Å². The minimum absolute atomic E-state index is 0.262. The van der Waals surface area contributed by atoms with Crippen molar-refractivity contribution in [2.75, 3.05) is 7.11 Å². The molecule has 0 spiro atoms. The summed E-state index contributed by atoms with van der Waals surface area (Å²) < 4.78 is 5.14. The second kappa shape index (κ2) is 6.12. The zero-order valence-corrected chi connectivity index (χ0v) is 10.6. The predicted octanol–water partition coefficient (Wildman–Crippen LogP) is 2.34. The summed E-state index contributed by atoms with van der Waals surface area (Å²) in [6, 6.07) is 8.32. The molecule has 94 valence electrons. The third-order valence-corrected chi connectivity index (χ3v) is 2.82. The molecule has 1 aromatic heterocycles. The van der Waals surface area contributed by atoms with E-state index in [1.165, 1.54) is 5.56 Å². The number of nitrogens with zero attached hydrogens (tertiary/aromatic N) is 2. The van der Waals surface area contributed by atoms with Crippen LogP contribution < -0.4 is 10.1 Å². The summed E-state index contributed by atoms with van der Waals surface area (Å²) in [7, 11) is 1.67. The van der Waals surface area contributed by atoms with Gasteiger partial charge in [0.2, 0.25) is 0 Å². The van der Waals surface area contributed by atoms with E-state index in [4.69, 9.17) is 4.74 Å². The molecule has 1 N–H and O–H groups in total. The fourth-order valence-electron chi connectivity index (χ4n) is 1.69. The summed E-state index contributed by atoms with van der Waals surface area (Å²) in [5, 5.41) is 3.41. The van der Waals surface area contributed by atoms with Crippen LogP contribution in [-0.2, 0) is 6.54 Å². The first-order valence-electron chi connectivity index (χ1n) is 5.92. The highest BCUT2D eigenvalue weighted by atomic mass is 16.5. The van der Waals surface area contributed by atoms with Crippen molar-refractivity contribution in [1.29, 1.82) is 0 Å². The first-order chi connectivity index (χ1) is 8.79. The molecule has 0 saturated heterocycles. The van der Waals surface area contributed by atoms with Crippen molar-refractivity contribution in [2.45, 2.75) is 19.5 Å². The Morgan fingerprint density at radius 3 is 2.61 bits per heavy atom. The molecule has 0 unspecified atom stereocenters. The minimum atomic E-state index is 0.262. The lowest BCUT2D eigenvalue weighted by Gasteiger charge is -2.14. The summed E-state index contributed by atoms with van der Waals surface area (Å²) in [5.41, 5.74) is 2.16. The molecule has 2 rings (SSSR count). The Bertz CT molecular complexity index is 470. The first-order valence-corrected chi connectivity index (χ1v) is 5.92. The van der Waals surface area contributed by atoms with E-state index in [0.29, 0.717) is 6.54 Å². The third-order valence-electron chi connectivity index (χ3n) is 2.82. The maximum Gasteiger partial charge on any atom is 0.118 e. The highest BCUT2D eigenvalue weighted by Crippen LogP contribution is 2.17. The maximum atomic E-state index is 5.14. The van der Waals surface area contributed by atoms with Crippen LogP contribution in [0.1, 0.15) is 24.2 Å². The smallest absolute Gasteiger partial charge is 0.118 e. The molecule has 0 radical (unpaired) electrons. The second-order valence-corrected chi connectivity index (χ2v) is 4.07. The maximum absolute atomic E-state index is 5.14. The summed E-state index contributed by atoms with van der Waals surface area (Å²) in [6.45, 7) is 2.83. The van der Waals surface area contributed by atoms with Crippen LogP contribution in [0.2, 0.25) is 0 Å². The first kappa shape index (κ1) is 12.5. The lowest BCUT2D eigenvalue weighted by atomic mass is 10.1. The average Bonchev–Trinajstić information content (AvgIpc) is 2.46. The monoisotopic (exact) mass is 243 g/mol. The molecule has 1 atom stereocenters. The fourth-order valence-corrected chi connectivity index (χ4v) is 1.69. The quantitative estimate of drug-likeness (QED) is 0.875. The van der Waals surface area contributed by atoms with Gasteiger partial charge in [-0.1, -0.05) is 12.1 Å². The van der Waals surface area contributed by atoms with Gasteiger partial charge in [0.15, 0.2) is 0 Å². The van der Waals surface area contributed by atoms with Crippen LogP contribution in [0.3, 0.4) is 0 Å². The molecule has 2 aromatic rings. The molecule has 0 aliphatic carbocycles. The topological polar surface area (TPSA) is 47.0 Å². The van der Waals surface area contributed by atoms with Gasteiger partial charge in [-0.05, 0) is 24.6 Å². The Morgan fingerprint density at radius 1 is 1.22 bits per heavy atom. The van der Waals surface area contributed by atoms with Gasteiger partial charge in [-0.15, -0.1) is 0 Å². The Labute approximate surface area is 107 Å². The molecule has 0 amide bonds. The zero-order valence-electron chi connectivity index (χ0n) is 10.6. The largest absolute Gasteiger partial charge is 0.497 e. The Morgan fingerprint density at radius 2 is 2.00 bits per heavy atom. The van der Waals surface area contributed by atoms with Crippen LogP contribution >= 0.6 is 0 Å². The van der Waals surface area contributed by atoms with Gasteiger partial charge in [0.05, 0.1) is 12.8 Å². The SMILES string of the molecule is COc1ccc([C@H](C)NCc2cnccn2)cc1. The number of benzene rings is 1. The standard InChI is InChI=1S/C14H17N3O/c1-11(12-3-5-14(18-2)6-4-12)17-10-13-9-15-7-8-16-13/h3-9,11,17H,10H2,1-2H3/t11-/m0/s1. The molecule has 1 heterocycles. The van der Waals surface area contributed by atoms with Crippen LogP contribution in [0.4, 0.5) is 0 Å². The summed E-state index contributed by atoms with van der Waals surface area (Å²) >= 11 is 0. The highest BCUT2D eigenvalue weighted by molar-refractivity contribution is 5.28. The molecule has 4 heteroatoms. The summed E-state index contributed by atoms with van der Waals surface area (Å²) in [4.78, 5) is 8.27.